The van der Waals surface area contributed by atoms with E-state index in [0.29, 0.717) is 0 Å². The van der Waals surface area contributed by atoms with Crippen molar-refractivity contribution in [2.24, 2.45) is 0 Å². The van der Waals surface area contributed by atoms with Crippen LogP contribution in [0.1, 0.15) is 5.56 Å². The second-order valence-corrected chi connectivity index (χ2v) is 4.03. The van der Waals surface area contributed by atoms with Crippen molar-refractivity contribution in [3.8, 4) is 0 Å². The highest BCUT2D eigenvalue weighted by Gasteiger charge is 2.18. The van der Waals surface area contributed by atoms with Crippen LogP contribution in [0.2, 0.25) is 0 Å². The third-order valence-electron chi connectivity index (χ3n) is 1.35. The van der Waals surface area contributed by atoms with E-state index < -0.39 is 7.82 Å². The minimum atomic E-state index is -3.89. The van der Waals surface area contributed by atoms with E-state index >= 15 is 0 Å². The molecule has 1 rings (SSSR count). The lowest BCUT2D eigenvalue weighted by Crippen LogP contribution is -2.02. The number of hydrogen-bond donors (Lipinski definition) is 1. The van der Waals surface area contributed by atoms with Gasteiger partial charge in [-0.05, 0) is 12.5 Å². The Morgan fingerprint density at radius 3 is 2.92 bits per heavy atom. The molecule has 6 nitrogen and oxygen atoms in total. The van der Waals surface area contributed by atoms with Crippen molar-refractivity contribution in [2.45, 2.75) is 13.7 Å². The summed E-state index contributed by atoms with van der Waals surface area (Å²) in [5, 5.41) is 3.86. The van der Waals surface area contributed by atoms with Crippen LogP contribution in [0.3, 0.4) is 0 Å². The van der Waals surface area contributed by atoms with Crippen LogP contribution in [-0.4, -0.2) is 21.8 Å². The van der Waals surface area contributed by atoms with Gasteiger partial charge in [0.15, 0.2) is 6.73 Å². The zero-order valence-corrected chi connectivity index (χ0v) is 8.27. The minimum Gasteiger partial charge on any atom is -0.302 e. The second kappa shape index (κ2) is 4.02. The topological polar surface area (TPSA) is 73.6 Å². The first-order valence-corrected chi connectivity index (χ1v) is 5.05. The van der Waals surface area contributed by atoms with Crippen LogP contribution in [0.25, 0.3) is 0 Å². The highest BCUT2D eigenvalue weighted by atomic mass is 31.2. The zero-order valence-electron chi connectivity index (χ0n) is 7.38. The molecular formula is C6H11N2O4P. The molecule has 1 aromatic heterocycles. The lowest BCUT2D eigenvalue weighted by molar-refractivity contribution is 0.130. The van der Waals surface area contributed by atoms with Gasteiger partial charge in [0, 0.05) is 13.3 Å². The molecule has 1 aromatic rings. The van der Waals surface area contributed by atoms with E-state index in [4.69, 9.17) is 4.89 Å². The molecule has 1 unspecified atom stereocenters. The fraction of sp³-hybridized carbons (Fsp3) is 0.500. The molecule has 0 spiro atoms. The quantitative estimate of drug-likeness (QED) is 0.741. The number of aryl methyl sites for hydroxylation is 1. The van der Waals surface area contributed by atoms with Gasteiger partial charge in [-0.2, -0.15) is 5.10 Å². The fourth-order valence-corrected chi connectivity index (χ4v) is 1.09. The summed E-state index contributed by atoms with van der Waals surface area (Å²) >= 11 is 0. The van der Waals surface area contributed by atoms with Crippen LogP contribution in [0.4, 0.5) is 0 Å². The van der Waals surface area contributed by atoms with E-state index in [1.165, 1.54) is 4.68 Å². The number of phosphoric ester groups is 1. The van der Waals surface area contributed by atoms with Crippen molar-refractivity contribution in [3.63, 3.8) is 0 Å². The Balaban J connectivity index is 2.48. The summed E-state index contributed by atoms with van der Waals surface area (Å²) < 4.78 is 21.0. The average Bonchev–Trinajstić information content (AvgIpc) is 2.48. The predicted molar refractivity (Wildman–Crippen MR) is 44.9 cm³/mol. The molecule has 0 aliphatic rings. The van der Waals surface area contributed by atoms with Crippen LogP contribution < -0.4 is 0 Å². The summed E-state index contributed by atoms with van der Waals surface area (Å²) in [5.41, 5.74) is 0.953. The summed E-state index contributed by atoms with van der Waals surface area (Å²) in [7, 11) is -2.78. The molecule has 1 N–H and O–H groups in total. The van der Waals surface area contributed by atoms with Crippen molar-refractivity contribution in [2.75, 3.05) is 7.11 Å². The van der Waals surface area contributed by atoms with E-state index in [9.17, 15) is 4.57 Å². The van der Waals surface area contributed by atoms with Gasteiger partial charge in [-0.1, -0.05) is 0 Å². The molecule has 1 heterocycles. The van der Waals surface area contributed by atoms with Gasteiger partial charge in [-0.15, -0.1) is 0 Å². The van der Waals surface area contributed by atoms with Crippen molar-refractivity contribution in [1.29, 1.82) is 0 Å². The van der Waals surface area contributed by atoms with Gasteiger partial charge in [0.05, 0.1) is 6.20 Å². The lowest BCUT2D eigenvalue weighted by Gasteiger charge is -2.08. The van der Waals surface area contributed by atoms with E-state index in [1.807, 2.05) is 6.92 Å². The predicted octanol–water partition coefficient (Wildman–Crippen LogP) is 0.912. The van der Waals surface area contributed by atoms with Gasteiger partial charge < -0.3 is 4.89 Å². The summed E-state index contributed by atoms with van der Waals surface area (Å²) in [5.74, 6) is 0. The first-order chi connectivity index (χ1) is 6.03. The summed E-state index contributed by atoms with van der Waals surface area (Å²) in [6, 6.07) is 0. The largest absolute Gasteiger partial charge is 0.473 e. The number of phosphoric acid groups is 1. The molecule has 0 saturated carbocycles. The molecule has 0 aliphatic carbocycles. The Morgan fingerprint density at radius 2 is 2.46 bits per heavy atom. The Bertz CT molecular complexity index is 324. The molecule has 13 heavy (non-hydrogen) atoms. The molecule has 0 saturated heterocycles. The van der Waals surface area contributed by atoms with Crippen molar-refractivity contribution in [1.82, 2.24) is 9.78 Å². The molecule has 0 aliphatic heterocycles. The molecule has 7 heteroatoms. The summed E-state index contributed by atoms with van der Waals surface area (Å²) in [4.78, 5) is 8.86. The lowest BCUT2D eigenvalue weighted by atomic mass is 10.4. The second-order valence-electron chi connectivity index (χ2n) is 2.47. The maximum Gasteiger partial charge on any atom is 0.473 e. The molecule has 74 valence electrons. The third kappa shape index (κ3) is 3.28. The number of rotatable bonds is 4. The maximum atomic E-state index is 10.8. The molecule has 0 amide bonds. The van der Waals surface area contributed by atoms with Crippen molar-refractivity contribution >= 4 is 7.82 Å². The van der Waals surface area contributed by atoms with Crippen LogP contribution in [0.5, 0.6) is 0 Å². The highest BCUT2D eigenvalue weighted by Crippen LogP contribution is 2.42. The number of hydrogen-bond acceptors (Lipinski definition) is 4. The molecule has 0 bridgehead atoms. The van der Waals surface area contributed by atoms with E-state index in [0.717, 1.165) is 12.7 Å². The van der Waals surface area contributed by atoms with E-state index in [1.54, 1.807) is 12.4 Å². The average molecular weight is 206 g/mol. The number of aromatic nitrogens is 2. The van der Waals surface area contributed by atoms with Crippen LogP contribution in [0, 0.1) is 6.92 Å². The first-order valence-electron chi connectivity index (χ1n) is 3.55. The van der Waals surface area contributed by atoms with Gasteiger partial charge in [0.25, 0.3) is 0 Å². The first kappa shape index (κ1) is 10.4. The van der Waals surface area contributed by atoms with E-state index in [2.05, 4.69) is 14.1 Å². The van der Waals surface area contributed by atoms with Gasteiger partial charge in [0.2, 0.25) is 0 Å². The maximum absolute atomic E-state index is 10.8. The van der Waals surface area contributed by atoms with Gasteiger partial charge in [-0.25, -0.2) is 9.25 Å². The highest BCUT2D eigenvalue weighted by molar-refractivity contribution is 7.47. The monoisotopic (exact) mass is 206 g/mol. The summed E-state index contributed by atoms with van der Waals surface area (Å²) in [6.07, 6.45) is 3.31. The molecular weight excluding hydrogens is 195 g/mol. The van der Waals surface area contributed by atoms with Crippen LogP contribution >= 0.6 is 7.82 Å². The van der Waals surface area contributed by atoms with Gasteiger partial charge in [-0.3, -0.25) is 9.05 Å². The fourth-order valence-electron chi connectivity index (χ4n) is 0.722. The summed E-state index contributed by atoms with van der Waals surface area (Å²) in [6.45, 7) is 1.76. The Hall–Kier alpha value is -0.680. The van der Waals surface area contributed by atoms with Crippen molar-refractivity contribution < 1.29 is 18.5 Å². The smallest absolute Gasteiger partial charge is 0.302 e. The number of nitrogens with zero attached hydrogens (tertiary/aromatic N) is 2. The minimum absolute atomic E-state index is 0.102. The molecule has 1 atom stereocenters. The molecule has 0 radical (unpaired) electrons. The Labute approximate surface area is 75.7 Å². The van der Waals surface area contributed by atoms with E-state index in [-0.39, 0.29) is 6.73 Å². The van der Waals surface area contributed by atoms with Gasteiger partial charge >= 0.3 is 7.82 Å². The molecule has 0 aromatic carbocycles. The van der Waals surface area contributed by atoms with Crippen LogP contribution in [-0.2, 0) is 20.3 Å². The van der Waals surface area contributed by atoms with Crippen molar-refractivity contribution in [3.05, 3.63) is 18.0 Å². The normalized spacial score (nSPS) is 15.6. The Kier molecular flexibility index (Phi) is 3.22. The zero-order chi connectivity index (χ0) is 9.90. The molecule has 0 fully saturated rings. The van der Waals surface area contributed by atoms with Gasteiger partial charge in [0.1, 0.15) is 0 Å². The standard InChI is InChI=1S/C6H11N2O4P/c1-6-3-7-8(4-6)5-12-13(9,10)11-2/h3-4H,5H2,1-2H3,(H,9,10). The van der Waals surface area contributed by atoms with Crippen LogP contribution in [0.15, 0.2) is 12.4 Å². The SMILES string of the molecule is COP(=O)(O)OCn1cc(C)cn1. The Morgan fingerprint density at radius 1 is 1.77 bits per heavy atom. The third-order valence-corrected chi connectivity index (χ3v) is 2.25.